The Bertz CT molecular complexity index is 826. The lowest BCUT2D eigenvalue weighted by molar-refractivity contribution is 0.171. The van der Waals surface area contributed by atoms with E-state index in [4.69, 9.17) is 9.47 Å². The van der Waals surface area contributed by atoms with Crippen LogP contribution in [0.4, 0.5) is 10.1 Å². The highest BCUT2D eigenvalue weighted by atomic mass is 79.9. The number of ether oxygens (including phenoxy) is 2. The minimum Gasteiger partial charge on any atom is -0.486 e. The van der Waals surface area contributed by atoms with E-state index < -0.39 is 20.7 Å². The largest absolute Gasteiger partial charge is 0.486 e. The molecule has 0 fully saturated rings. The van der Waals surface area contributed by atoms with E-state index in [9.17, 15) is 12.8 Å². The van der Waals surface area contributed by atoms with Gasteiger partial charge in [0.1, 0.15) is 23.9 Å². The highest BCUT2D eigenvalue weighted by Crippen LogP contribution is 2.38. The molecule has 2 aromatic carbocycles. The van der Waals surface area contributed by atoms with Crippen molar-refractivity contribution in [1.29, 1.82) is 0 Å². The molecular formula is C14H11BrFNO4S. The van der Waals surface area contributed by atoms with Crippen LogP contribution in [0.25, 0.3) is 0 Å². The molecule has 2 aromatic rings. The first-order chi connectivity index (χ1) is 10.5. The molecule has 22 heavy (non-hydrogen) atoms. The van der Waals surface area contributed by atoms with Crippen LogP contribution in [0.2, 0.25) is 0 Å². The van der Waals surface area contributed by atoms with Crippen molar-refractivity contribution in [2.45, 2.75) is 4.90 Å². The maximum Gasteiger partial charge on any atom is 0.264 e. The van der Waals surface area contributed by atoms with Crippen molar-refractivity contribution < 1.29 is 22.3 Å². The van der Waals surface area contributed by atoms with Crippen LogP contribution in [0.15, 0.2) is 45.8 Å². The van der Waals surface area contributed by atoms with Crippen molar-refractivity contribution in [3.63, 3.8) is 0 Å². The third kappa shape index (κ3) is 2.89. The highest BCUT2D eigenvalue weighted by molar-refractivity contribution is 9.10. The van der Waals surface area contributed by atoms with Gasteiger partial charge in [-0.3, -0.25) is 4.72 Å². The van der Waals surface area contributed by atoms with Crippen molar-refractivity contribution in [2.24, 2.45) is 0 Å². The van der Waals surface area contributed by atoms with Crippen LogP contribution >= 0.6 is 15.9 Å². The minimum atomic E-state index is -4.04. The summed E-state index contributed by atoms with van der Waals surface area (Å²) < 4.78 is 51.9. The standard InChI is InChI=1S/C14H11BrFNO4S/c15-9-7-12-13(21-6-5-20-12)8-11(9)17-22(18,19)14-4-2-1-3-10(14)16/h1-4,7-8,17H,5-6H2. The fourth-order valence-corrected chi connectivity index (χ4v) is 3.71. The Morgan fingerprint density at radius 2 is 1.73 bits per heavy atom. The third-order valence-electron chi connectivity index (χ3n) is 3.00. The molecule has 0 unspecified atom stereocenters. The minimum absolute atomic E-state index is 0.243. The van der Waals surface area contributed by atoms with Gasteiger partial charge in [-0.05, 0) is 28.1 Å². The summed E-state index contributed by atoms with van der Waals surface area (Å²) in [5, 5.41) is 0. The van der Waals surface area contributed by atoms with E-state index in [1.54, 1.807) is 6.07 Å². The molecule has 3 rings (SSSR count). The van der Waals surface area contributed by atoms with Gasteiger partial charge in [-0.25, -0.2) is 12.8 Å². The molecule has 0 saturated heterocycles. The summed E-state index contributed by atoms with van der Waals surface area (Å²) in [6.07, 6.45) is 0. The molecule has 0 saturated carbocycles. The Hall–Kier alpha value is -1.80. The number of hydrogen-bond acceptors (Lipinski definition) is 4. The number of anilines is 1. The number of fused-ring (bicyclic) bond motifs is 1. The van der Waals surface area contributed by atoms with Crippen LogP contribution in [-0.2, 0) is 10.0 Å². The van der Waals surface area contributed by atoms with E-state index in [1.807, 2.05) is 0 Å². The van der Waals surface area contributed by atoms with E-state index in [0.717, 1.165) is 6.07 Å². The number of sulfonamides is 1. The Morgan fingerprint density at radius 1 is 1.09 bits per heavy atom. The molecule has 5 nitrogen and oxygen atoms in total. The summed E-state index contributed by atoms with van der Waals surface area (Å²) in [5.41, 5.74) is 0.243. The molecule has 1 aliphatic rings. The van der Waals surface area contributed by atoms with Gasteiger partial charge in [0.15, 0.2) is 11.5 Å². The molecule has 1 N–H and O–H groups in total. The summed E-state index contributed by atoms with van der Waals surface area (Å²) in [7, 11) is -4.04. The molecule has 0 atom stereocenters. The number of nitrogens with one attached hydrogen (secondary N) is 1. The maximum atomic E-state index is 13.7. The Morgan fingerprint density at radius 3 is 2.41 bits per heavy atom. The van der Waals surface area contributed by atoms with Crippen LogP contribution < -0.4 is 14.2 Å². The first kappa shape index (κ1) is 15.1. The number of benzene rings is 2. The number of rotatable bonds is 3. The zero-order valence-electron chi connectivity index (χ0n) is 11.2. The molecule has 0 amide bonds. The molecular weight excluding hydrogens is 377 g/mol. The lowest BCUT2D eigenvalue weighted by Crippen LogP contribution is -2.17. The Kier molecular flexibility index (Phi) is 3.96. The molecule has 0 spiro atoms. The average molecular weight is 388 g/mol. The van der Waals surface area contributed by atoms with Gasteiger partial charge in [0.25, 0.3) is 10.0 Å². The molecule has 0 radical (unpaired) electrons. The second-order valence-corrected chi connectivity index (χ2v) is 7.02. The quantitative estimate of drug-likeness (QED) is 0.878. The van der Waals surface area contributed by atoms with Crippen molar-refractivity contribution in [2.75, 3.05) is 17.9 Å². The van der Waals surface area contributed by atoms with Crippen LogP contribution in [0, 0.1) is 5.82 Å². The maximum absolute atomic E-state index is 13.7. The molecule has 0 aliphatic carbocycles. The topological polar surface area (TPSA) is 64.6 Å². The van der Waals surface area contributed by atoms with Crippen molar-refractivity contribution in [3.05, 3.63) is 46.7 Å². The first-order valence-electron chi connectivity index (χ1n) is 6.34. The molecule has 0 aromatic heterocycles. The summed E-state index contributed by atoms with van der Waals surface area (Å²) in [5.74, 6) is 0.135. The first-order valence-corrected chi connectivity index (χ1v) is 8.61. The van der Waals surface area contributed by atoms with Crippen LogP contribution in [0.5, 0.6) is 11.5 Å². The monoisotopic (exact) mass is 387 g/mol. The second-order valence-electron chi connectivity index (χ2n) is 4.51. The fraction of sp³-hybridized carbons (Fsp3) is 0.143. The number of hydrogen-bond donors (Lipinski definition) is 1. The van der Waals surface area contributed by atoms with E-state index in [0.29, 0.717) is 29.2 Å². The highest BCUT2D eigenvalue weighted by Gasteiger charge is 2.22. The third-order valence-corrected chi connectivity index (χ3v) is 5.06. The molecule has 116 valence electrons. The van der Waals surface area contributed by atoms with Gasteiger partial charge >= 0.3 is 0 Å². The summed E-state index contributed by atoms with van der Waals surface area (Å²) >= 11 is 3.26. The van der Waals surface area contributed by atoms with E-state index in [1.165, 1.54) is 24.3 Å². The number of halogens is 2. The predicted molar refractivity (Wildman–Crippen MR) is 82.3 cm³/mol. The SMILES string of the molecule is O=S(=O)(Nc1cc2c(cc1Br)OCCO2)c1ccccc1F. The van der Waals surface area contributed by atoms with Crippen LogP contribution in [-0.4, -0.2) is 21.6 Å². The smallest absolute Gasteiger partial charge is 0.264 e. The Balaban J connectivity index is 1.98. The lowest BCUT2D eigenvalue weighted by Gasteiger charge is -2.20. The van der Waals surface area contributed by atoms with Gasteiger partial charge in [-0.1, -0.05) is 12.1 Å². The van der Waals surface area contributed by atoms with Crippen molar-refractivity contribution in [3.8, 4) is 11.5 Å². The summed E-state index contributed by atoms with van der Waals surface area (Å²) in [6.45, 7) is 0.813. The molecule has 1 aliphatic heterocycles. The predicted octanol–water partition coefficient (Wildman–Crippen LogP) is 3.16. The van der Waals surface area contributed by atoms with Crippen molar-refractivity contribution in [1.82, 2.24) is 0 Å². The van der Waals surface area contributed by atoms with Crippen LogP contribution in [0.3, 0.4) is 0 Å². The van der Waals surface area contributed by atoms with Gasteiger partial charge in [-0.2, -0.15) is 0 Å². The molecule has 8 heteroatoms. The van der Waals surface area contributed by atoms with E-state index in [-0.39, 0.29) is 5.69 Å². The molecule has 0 bridgehead atoms. The van der Waals surface area contributed by atoms with Gasteiger partial charge in [0, 0.05) is 16.6 Å². The van der Waals surface area contributed by atoms with E-state index in [2.05, 4.69) is 20.7 Å². The van der Waals surface area contributed by atoms with E-state index >= 15 is 0 Å². The summed E-state index contributed by atoms with van der Waals surface area (Å²) in [4.78, 5) is -0.420. The fourth-order valence-electron chi connectivity index (χ4n) is 2.00. The zero-order valence-corrected chi connectivity index (χ0v) is 13.6. The second kappa shape index (κ2) is 5.77. The lowest BCUT2D eigenvalue weighted by atomic mass is 10.2. The van der Waals surface area contributed by atoms with Crippen LogP contribution in [0.1, 0.15) is 0 Å². The zero-order chi connectivity index (χ0) is 15.7. The normalized spacial score (nSPS) is 13.7. The Labute approximate surface area is 135 Å². The van der Waals surface area contributed by atoms with Crippen molar-refractivity contribution >= 4 is 31.6 Å². The average Bonchev–Trinajstić information content (AvgIpc) is 2.48. The van der Waals surface area contributed by atoms with Gasteiger partial charge < -0.3 is 9.47 Å². The van der Waals surface area contributed by atoms with Gasteiger partial charge in [0.05, 0.1) is 5.69 Å². The van der Waals surface area contributed by atoms with Gasteiger partial charge in [0.2, 0.25) is 0 Å². The summed E-state index contributed by atoms with van der Waals surface area (Å²) in [6, 6.07) is 8.27. The van der Waals surface area contributed by atoms with Gasteiger partial charge in [-0.15, -0.1) is 0 Å². The molecule has 1 heterocycles.